The highest BCUT2D eigenvalue weighted by Crippen LogP contribution is 2.49. The van der Waals surface area contributed by atoms with Gasteiger partial charge in [-0.1, -0.05) is 30.3 Å². The zero-order valence-corrected chi connectivity index (χ0v) is 21.2. The van der Waals surface area contributed by atoms with Crippen molar-refractivity contribution in [2.75, 3.05) is 12.3 Å². The first-order valence-corrected chi connectivity index (χ1v) is 12.4. The number of nitrogen functional groups attached to an aromatic ring is 1. The predicted octanol–water partition coefficient (Wildman–Crippen LogP) is 2.73. The van der Waals surface area contributed by atoms with Gasteiger partial charge in [-0.15, -0.1) is 0 Å². The molecular formula is C25H27N7O4S. The number of benzene rings is 1. The molecule has 11 nitrogen and oxygen atoms in total. The topological polar surface area (TPSA) is 124 Å². The minimum atomic E-state index is -0.786. The van der Waals surface area contributed by atoms with Gasteiger partial charge in [-0.2, -0.15) is 0 Å². The largest absolute Gasteiger partial charge is 0.464 e. The molecule has 1 aromatic carbocycles. The van der Waals surface area contributed by atoms with Crippen LogP contribution in [-0.4, -0.2) is 65.0 Å². The molecule has 0 spiro atoms. The highest BCUT2D eigenvalue weighted by molar-refractivity contribution is 7.80. The monoisotopic (exact) mass is 521 g/mol. The Bertz CT molecular complexity index is 1390. The smallest absolute Gasteiger partial charge is 0.269 e. The highest BCUT2D eigenvalue weighted by Gasteiger charge is 2.61. The molecule has 0 amide bonds. The van der Waals surface area contributed by atoms with Gasteiger partial charge in [0.1, 0.15) is 36.4 Å². The van der Waals surface area contributed by atoms with Crippen molar-refractivity contribution in [3.8, 4) is 0 Å². The Morgan fingerprint density at radius 1 is 1.11 bits per heavy atom. The van der Waals surface area contributed by atoms with E-state index in [-0.39, 0.29) is 29.3 Å². The minimum Gasteiger partial charge on any atom is -0.464 e. The molecule has 12 heteroatoms. The predicted molar refractivity (Wildman–Crippen MR) is 137 cm³/mol. The molecule has 2 N–H and O–H groups in total. The van der Waals surface area contributed by atoms with E-state index in [1.807, 2.05) is 48.7 Å². The second kappa shape index (κ2) is 9.45. The summed E-state index contributed by atoms with van der Waals surface area (Å²) >= 11 is 5.64. The number of rotatable bonds is 6. The SMILES string of the molecule is CC1(C)O[C@@H]2[C@@H](COCc3ccccc3)[C@H](OC(=S)n3ccnc3)[C@@H](n3cnc4c(N)ncnc43)[C@@H]2O1. The lowest BCUT2D eigenvalue weighted by Crippen LogP contribution is -2.39. The molecule has 37 heavy (non-hydrogen) atoms. The molecule has 0 radical (unpaired) electrons. The summed E-state index contributed by atoms with van der Waals surface area (Å²) in [5, 5.41) is 0.262. The van der Waals surface area contributed by atoms with Crippen LogP contribution in [0.4, 0.5) is 5.82 Å². The van der Waals surface area contributed by atoms with Crippen molar-refractivity contribution in [1.82, 2.24) is 29.1 Å². The van der Waals surface area contributed by atoms with Gasteiger partial charge in [0.25, 0.3) is 5.17 Å². The van der Waals surface area contributed by atoms with Crippen molar-refractivity contribution < 1.29 is 18.9 Å². The third-order valence-corrected chi connectivity index (χ3v) is 7.07. The Morgan fingerprint density at radius 2 is 1.92 bits per heavy atom. The van der Waals surface area contributed by atoms with Crippen LogP contribution in [0.1, 0.15) is 25.5 Å². The summed E-state index contributed by atoms with van der Waals surface area (Å²) in [4.78, 5) is 17.1. The van der Waals surface area contributed by atoms with E-state index in [0.29, 0.717) is 30.2 Å². The van der Waals surface area contributed by atoms with Gasteiger partial charge in [0, 0.05) is 12.4 Å². The number of ether oxygens (including phenoxy) is 4. The van der Waals surface area contributed by atoms with Crippen LogP contribution in [0.2, 0.25) is 0 Å². The summed E-state index contributed by atoms with van der Waals surface area (Å²) in [5.41, 5.74) is 8.25. The van der Waals surface area contributed by atoms with Crippen molar-refractivity contribution in [3.05, 3.63) is 67.3 Å². The molecule has 0 unspecified atom stereocenters. The number of anilines is 1. The number of hydrogen-bond donors (Lipinski definition) is 1. The van der Waals surface area contributed by atoms with Gasteiger partial charge in [-0.25, -0.2) is 19.9 Å². The number of aromatic nitrogens is 6. The van der Waals surface area contributed by atoms with Gasteiger partial charge < -0.3 is 29.2 Å². The van der Waals surface area contributed by atoms with Gasteiger partial charge in [-0.05, 0) is 31.6 Å². The van der Waals surface area contributed by atoms with Crippen LogP contribution in [0.3, 0.4) is 0 Å². The first kappa shape index (κ1) is 23.9. The molecule has 2 fully saturated rings. The maximum absolute atomic E-state index is 6.48. The summed E-state index contributed by atoms with van der Waals surface area (Å²) < 4.78 is 29.1. The van der Waals surface area contributed by atoms with E-state index in [0.717, 1.165) is 5.56 Å². The Morgan fingerprint density at radius 3 is 2.70 bits per heavy atom. The van der Waals surface area contributed by atoms with E-state index < -0.39 is 11.9 Å². The molecule has 1 aliphatic heterocycles. The zero-order chi connectivity index (χ0) is 25.6. The molecule has 1 saturated heterocycles. The fraction of sp³-hybridized carbons (Fsp3) is 0.400. The molecule has 1 aliphatic carbocycles. The second-order valence-corrected chi connectivity index (χ2v) is 9.97. The van der Waals surface area contributed by atoms with E-state index in [1.54, 1.807) is 29.6 Å². The summed E-state index contributed by atoms with van der Waals surface area (Å²) in [6.07, 6.45) is 6.93. The number of nitrogens with zero attached hydrogens (tertiary/aromatic N) is 6. The Kier molecular flexibility index (Phi) is 6.11. The highest BCUT2D eigenvalue weighted by atomic mass is 32.1. The van der Waals surface area contributed by atoms with Crippen LogP contribution in [0.5, 0.6) is 0 Å². The molecule has 4 heterocycles. The van der Waals surface area contributed by atoms with Crippen molar-refractivity contribution in [1.29, 1.82) is 0 Å². The first-order chi connectivity index (χ1) is 17.9. The van der Waals surface area contributed by atoms with E-state index in [9.17, 15) is 0 Å². The maximum Gasteiger partial charge on any atom is 0.269 e. The average molecular weight is 522 g/mol. The standard InChI is InChI=1S/C25H27N7O4S/c1-25(2)35-20-16(11-33-10-15-6-4-3-5-7-15)19(34-24(37)31-9-8-27-13-31)18(21(20)36-25)32-14-30-17-22(26)28-12-29-23(17)32/h3-9,12-14,16,18-21H,10-11H2,1-2H3,(H2,26,28,29)/t16-,18+,19-,20+,21-/m0/s1. The second-order valence-electron chi connectivity index (χ2n) is 9.62. The van der Waals surface area contributed by atoms with Gasteiger partial charge in [0.15, 0.2) is 17.3 Å². The van der Waals surface area contributed by atoms with Crippen LogP contribution in [0.15, 0.2) is 61.7 Å². The van der Waals surface area contributed by atoms with Crippen molar-refractivity contribution in [3.63, 3.8) is 0 Å². The number of thiocarbonyl (C=S) groups is 1. The van der Waals surface area contributed by atoms with Crippen LogP contribution >= 0.6 is 12.2 Å². The molecule has 0 bridgehead atoms. The van der Waals surface area contributed by atoms with Gasteiger partial charge in [0.2, 0.25) is 0 Å². The van der Waals surface area contributed by atoms with Crippen LogP contribution < -0.4 is 5.73 Å². The normalized spacial score (nSPS) is 26.4. The van der Waals surface area contributed by atoms with E-state index >= 15 is 0 Å². The lowest BCUT2D eigenvalue weighted by molar-refractivity contribution is -0.173. The molecule has 6 rings (SSSR count). The Labute approximate surface area is 218 Å². The average Bonchev–Trinajstić information content (AvgIpc) is 3.65. The van der Waals surface area contributed by atoms with Gasteiger partial charge in [0.05, 0.1) is 31.6 Å². The number of fused-ring (bicyclic) bond motifs is 2. The van der Waals surface area contributed by atoms with E-state index in [1.165, 1.54) is 6.33 Å². The fourth-order valence-electron chi connectivity index (χ4n) is 5.22. The third kappa shape index (κ3) is 4.46. The fourth-order valence-corrected chi connectivity index (χ4v) is 5.44. The Balaban J connectivity index is 1.37. The third-order valence-electron chi connectivity index (χ3n) is 6.76. The van der Waals surface area contributed by atoms with Crippen molar-refractivity contribution >= 4 is 34.4 Å². The molecular weight excluding hydrogens is 494 g/mol. The maximum atomic E-state index is 6.48. The van der Waals surface area contributed by atoms with Crippen molar-refractivity contribution in [2.45, 2.75) is 50.6 Å². The molecule has 2 aliphatic rings. The lowest BCUT2D eigenvalue weighted by atomic mass is 10.0. The van der Waals surface area contributed by atoms with Gasteiger partial charge >= 0.3 is 0 Å². The summed E-state index contributed by atoms with van der Waals surface area (Å²) in [7, 11) is 0. The lowest BCUT2D eigenvalue weighted by Gasteiger charge is -2.31. The van der Waals surface area contributed by atoms with E-state index in [4.69, 9.17) is 36.9 Å². The molecule has 1 saturated carbocycles. The quantitative estimate of drug-likeness (QED) is 0.379. The number of nitrogens with two attached hydrogens (primary N) is 1. The number of hydrogen-bond acceptors (Lipinski definition) is 10. The molecule has 192 valence electrons. The number of imidazole rings is 2. The zero-order valence-electron chi connectivity index (χ0n) is 20.4. The minimum absolute atomic E-state index is 0.210. The molecule has 4 aromatic rings. The molecule has 3 aromatic heterocycles. The van der Waals surface area contributed by atoms with E-state index in [2.05, 4.69) is 19.9 Å². The first-order valence-electron chi connectivity index (χ1n) is 12.0. The molecule has 5 atom stereocenters. The van der Waals surface area contributed by atoms with Crippen molar-refractivity contribution in [2.24, 2.45) is 5.92 Å². The Hall–Kier alpha value is -3.45. The van der Waals surface area contributed by atoms with Crippen LogP contribution in [-0.2, 0) is 25.6 Å². The summed E-state index contributed by atoms with van der Waals surface area (Å²) in [5.74, 6) is -0.694. The van der Waals surface area contributed by atoms with Crippen LogP contribution in [0.25, 0.3) is 11.2 Å². The van der Waals surface area contributed by atoms with Crippen LogP contribution in [0, 0.1) is 5.92 Å². The summed E-state index contributed by atoms with van der Waals surface area (Å²) in [6.45, 7) is 4.64. The summed E-state index contributed by atoms with van der Waals surface area (Å²) in [6, 6.07) is 9.64. The van der Waals surface area contributed by atoms with Gasteiger partial charge in [-0.3, -0.25) is 4.57 Å².